The Bertz CT molecular complexity index is 1420. The van der Waals surface area contributed by atoms with Crippen molar-refractivity contribution in [1.29, 1.82) is 0 Å². The second kappa shape index (κ2) is 12.7. The van der Waals surface area contributed by atoms with E-state index in [2.05, 4.69) is 26.2 Å². The molecule has 0 aliphatic carbocycles. The number of ether oxygens (including phenoxy) is 1. The molecule has 0 aliphatic rings. The Labute approximate surface area is 230 Å². The van der Waals surface area contributed by atoms with Crippen LogP contribution in [0.3, 0.4) is 0 Å². The summed E-state index contributed by atoms with van der Waals surface area (Å²) in [5.74, 6) is -0.378. The van der Waals surface area contributed by atoms with Gasteiger partial charge < -0.3 is 15.2 Å². The van der Waals surface area contributed by atoms with Gasteiger partial charge in [-0.1, -0.05) is 71.2 Å². The van der Waals surface area contributed by atoms with E-state index in [-0.39, 0.29) is 0 Å². The molecule has 0 saturated heterocycles. The zero-order valence-corrected chi connectivity index (χ0v) is 22.8. The van der Waals surface area contributed by atoms with Crippen LogP contribution in [0.25, 0.3) is 23.1 Å². The molecule has 0 radical (unpaired) electrons. The molecule has 0 spiro atoms. The van der Waals surface area contributed by atoms with Crippen molar-refractivity contribution < 1.29 is 14.6 Å². The Morgan fingerprint density at radius 3 is 2.76 bits per heavy atom. The number of aromatic nitrogens is 1. The summed E-state index contributed by atoms with van der Waals surface area (Å²) >= 11 is 9.62. The molecule has 0 saturated carbocycles. The third-order valence-corrected chi connectivity index (χ3v) is 6.61. The third-order valence-electron chi connectivity index (χ3n) is 5.88. The van der Waals surface area contributed by atoms with Crippen LogP contribution in [0.4, 0.5) is 5.69 Å². The van der Waals surface area contributed by atoms with Crippen molar-refractivity contribution in [3.63, 3.8) is 0 Å². The summed E-state index contributed by atoms with van der Waals surface area (Å²) in [5.41, 5.74) is 4.54. The lowest BCUT2D eigenvalue weighted by Crippen LogP contribution is -2.27. The molecule has 1 unspecified atom stereocenters. The average Bonchev–Trinajstić information content (AvgIpc) is 2.89. The first-order chi connectivity index (χ1) is 17.9. The molecule has 4 aromatic rings. The largest absolute Gasteiger partial charge is 0.479 e. The summed E-state index contributed by atoms with van der Waals surface area (Å²) in [4.78, 5) is 16.4. The van der Waals surface area contributed by atoms with Crippen LogP contribution in [0.15, 0.2) is 77.3 Å². The Balaban J connectivity index is 1.46. The predicted molar refractivity (Wildman–Crippen MR) is 155 cm³/mol. The summed E-state index contributed by atoms with van der Waals surface area (Å²) in [6, 6.07) is 23.4. The van der Waals surface area contributed by atoms with Gasteiger partial charge >= 0.3 is 5.97 Å². The second-order valence-corrected chi connectivity index (χ2v) is 10.1. The topological polar surface area (TPSA) is 71.5 Å². The third kappa shape index (κ3) is 7.57. The summed E-state index contributed by atoms with van der Waals surface area (Å²) in [6.45, 7) is 2.51. The minimum absolute atomic E-state index is 0.474. The van der Waals surface area contributed by atoms with Crippen molar-refractivity contribution >= 4 is 62.2 Å². The predicted octanol–water partition coefficient (Wildman–Crippen LogP) is 8.46. The Hall–Kier alpha value is -3.35. The van der Waals surface area contributed by atoms with Gasteiger partial charge in [-0.05, 0) is 73.0 Å². The Morgan fingerprint density at radius 1 is 1.11 bits per heavy atom. The molecule has 0 aliphatic heterocycles. The van der Waals surface area contributed by atoms with Crippen LogP contribution in [-0.4, -0.2) is 22.2 Å². The smallest absolute Gasteiger partial charge is 0.344 e. The van der Waals surface area contributed by atoms with E-state index in [1.807, 2.05) is 91.9 Å². The Morgan fingerprint density at radius 2 is 1.95 bits per heavy atom. The zero-order chi connectivity index (χ0) is 26.2. The number of unbranched alkanes of at least 4 members (excludes halogenated alkanes) is 1. The normalized spacial score (nSPS) is 12.1. The van der Waals surface area contributed by atoms with Gasteiger partial charge in [0.05, 0.1) is 11.2 Å². The molecule has 0 bridgehead atoms. The minimum atomic E-state index is -0.946. The van der Waals surface area contributed by atoms with E-state index in [0.717, 1.165) is 50.7 Å². The van der Waals surface area contributed by atoms with Crippen LogP contribution >= 0.6 is 27.5 Å². The highest BCUT2D eigenvalue weighted by atomic mass is 79.9. The lowest BCUT2D eigenvalue weighted by Gasteiger charge is -2.18. The molecule has 1 heterocycles. The molecular formula is C30H28BrClN2O3. The maximum atomic E-state index is 11.7. The van der Waals surface area contributed by atoms with Crippen molar-refractivity contribution in [2.24, 2.45) is 0 Å². The number of fused-ring (bicyclic) bond motifs is 1. The molecule has 37 heavy (non-hydrogen) atoms. The number of nitrogens with zero attached hydrogens (tertiary/aromatic N) is 1. The van der Waals surface area contributed by atoms with Gasteiger partial charge in [0.1, 0.15) is 5.75 Å². The molecule has 4 rings (SSSR count). The summed E-state index contributed by atoms with van der Waals surface area (Å²) in [5, 5.41) is 14.7. The molecule has 5 nitrogen and oxygen atoms in total. The maximum Gasteiger partial charge on any atom is 0.344 e. The number of carbonyl (C=O) groups is 1. The van der Waals surface area contributed by atoms with Crippen molar-refractivity contribution in [2.45, 2.75) is 38.8 Å². The van der Waals surface area contributed by atoms with Crippen LogP contribution in [0.2, 0.25) is 5.02 Å². The molecule has 1 aromatic heterocycles. The van der Waals surface area contributed by atoms with Gasteiger partial charge in [0.25, 0.3) is 0 Å². The van der Waals surface area contributed by atoms with Crippen molar-refractivity contribution in [3.05, 3.63) is 99.1 Å². The van der Waals surface area contributed by atoms with Gasteiger partial charge in [0, 0.05) is 32.7 Å². The molecule has 190 valence electrons. The van der Waals surface area contributed by atoms with Crippen LogP contribution in [0.5, 0.6) is 5.75 Å². The zero-order valence-electron chi connectivity index (χ0n) is 20.5. The van der Waals surface area contributed by atoms with Crippen molar-refractivity contribution in [1.82, 2.24) is 4.98 Å². The number of aliphatic carboxylic acids is 1. The van der Waals surface area contributed by atoms with Crippen molar-refractivity contribution in [3.8, 4) is 5.75 Å². The average molecular weight is 580 g/mol. The van der Waals surface area contributed by atoms with Crippen LogP contribution in [-0.2, 0) is 11.3 Å². The van der Waals surface area contributed by atoms with Crippen LogP contribution in [0, 0.1) is 0 Å². The molecular weight excluding hydrogens is 552 g/mol. The van der Waals surface area contributed by atoms with Gasteiger partial charge in [0.15, 0.2) is 6.10 Å². The number of benzene rings is 3. The SMILES string of the molecule is CCCCC(Oc1ccc(Br)cc1CNc1cccc(/C=C/c2ccc3ccc(Cl)cc3n2)c1)C(=O)O. The lowest BCUT2D eigenvalue weighted by molar-refractivity contribution is -0.145. The first-order valence-electron chi connectivity index (χ1n) is 12.2. The molecule has 1 atom stereocenters. The van der Waals surface area contributed by atoms with Gasteiger partial charge in [-0.15, -0.1) is 0 Å². The fourth-order valence-corrected chi connectivity index (χ4v) is 4.48. The van der Waals surface area contributed by atoms with E-state index in [4.69, 9.17) is 16.3 Å². The van der Waals surface area contributed by atoms with E-state index in [1.54, 1.807) is 0 Å². The summed E-state index contributed by atoms with van der Waals surface area (Å²) in [7, 11) is 0. The standard InChI is InChI=1S/C30H28BrClN2O3/c1-2-3-7-29(30(35)36)37-28-15-11-23(31)17-22(28)19-33-26-6-4-5-20(16-26)8-13-25-14-10-21-9-12-24(32)18-27(21)34-25/h4-6,8-18,29,33H,2-3,7,19H2,1H3,(H,35,36)/b13-8+. The quantitative estimate of drug-likeness (QED) is 0.186. The number of pyridine rings is 1. The highest BCUT2D eigenvalue weighted by Crippen LogP contribution is 2.27. The molecule has 7 heteroatoms. The number of rotatable bonds is 11. The minimum Gasteiger partial charge on any atom is -0.479 e. The number of halogens is 2. The number of carboxylic acid groups (broad SMARTS) is 1. The maximum absolute atomic E-state index is 11.7. The molecule has 0 fully saturated rings. The van der Waals surface area contributed by atoms with Crippen LogP contribution < -0.4 is 10.1 Å². The number of carboxylic acids is 1. The second-order valence-electron chi connectivity index (χ2n) is 8.72. The Kier molecular flexibility index (Phi) is 9.20. The number of anilines is 1. The molecule has 2 N–H and O–H groups in total. The van der Waals surface area contributed by atoms with E-state index in [0.29, 0.717) is 23.7 Å². The van der Waals surface area contributed by atoms with Gasteiger partial charge in [-0.25, -0.2) is 9.78 Å². The monoisotopic (exact) mass is 578 g/mol. The fourth-order valence-electron chi connectivity index (χ4n) is 3.91. The fraction of sp³-hybridized carbons (Fsp3) is 0.200. The molecule has 3 aromatic carbocycles. The first-order valence-corrected chi connectivity index (χ1v) is 13.3. The van der Waals surface area contributed by atoms with Crippen molar-refractivity contribution in [2.75, 3.05) is 5.32 Å². The number of hydrogen-bond acceptors (Lipinski definition) is 4. The summed E-state index contributed by atoms with van der Waals surface area (Å²) in [6.07, 6.45) is 5.31. The van der Waals surface area contributed by atoms with E-state index in [1.165, 1.54) is 0 Å². The number of nitrogens with one attached hydrogen (secondary N) is 1. The molecule has 0 amide bonds. The van der Waals surface area contributed by atoms with Gasteiger partial charge in [-0.3, -0.25) is 0 Å². The first kappa shape index (κ1) is 26.7. The summed E-state index contributed by atoms with van der Waals surface area (Å²) < 4.78 is 6.82. The van der Waals surface area contributed by atoms with E-state index >= 15 is 0 Å². The highest BCUT2D eigenvalue weighted by Gasteiger charge is 2.20. The van der Waals surface area contributed by atoms with E-state index < -0.39 is 12.1 Å². The van der Waals surface area contributed by atoms with Crippen LogP contribution in [0.1, 0.15) is 43.0 Å². The number of hydrogen-bond donors (Lipinski definition) is 2. The van der Waals surface area contributed by atoms with Gasteiger partial charge in [-0.2, -0.15) is 0 Å². The lowest BCUT2D eigenvalue weighted by atomic mass is 10.1. The van der Waals surface area contributed by atoms with Gasteiger partial charge in [0.2, 0.25) is 0 Å². The van der Waals surface area contributed by atoms with E-state index in [9.17, 15) is 9.90 Å². The highest BCUT2D eigenvalue weighted by molar-refractivity contribution is 9.10.